The van der Waals surface area contributed by atoms with Crippen molar-refractivity contribution in [2.75, 3.05) is 5.32 Å². The average Bonchev–Trinajstić information content (AvgIpc) is 3.26. The van der Waals surface area contributed by atoms with Gasteiger partial charge in [-0.15, -0.1) is 11.3 Å². The van der Waals surface area contributed by atoms with Crippen molar-refractivity contribution in [3.8, 4) is 11.8 Å². The van der Waals surface area contributed by atoms with Gasteiger partial charge in [-0.05, 0) is 48.9 Å². The van der Waals surface area contributed by atoms with Crippen LogP contribution in [0.15, 0.2) is 42.7 Å². The van der Waals surface area contributed by atoms with Gasteiger partial charge in [-0.2, -0.15) is 10.4 Å². The molecule has 0 atom stereocenters. The lowest BCUT2D eigenvalue weighted by atomic mass is 9.96. The highest BCUT2D eigenvalue weighted by Gasteiger charge is 2.21. The number of benzene rings is 1. The van der Waals surface area contributed by atoms with Crippen molar-refractivity contribution < 1.29 is 4.79 Å². The van der Waals surface area contributed by atoms with E-state index in [0.29, 0.717) is 10.6 Å². The van der Waals surface area contributed by atoms with Crippen molar-refractivity contribution in [2.24, 2.45) is 0 Å². The van der Waals surface area contributed by atoms with E-state index in [-0.39, 0.29) is 12.3 Å². The molecule has 1 aromatic carbocycles. The number of fused-ring (bicyclic) bond motifs is 1. The lowest BCUT2D eigenvalue weighted by Gasteiger charge is -2.09. The minimum Gasteiger partial charge on any atom is -0.316 e. The summed E-state index contributed by atoms with van der Waals surface area (Å²) in [4.78, 5) is 13.7. The molecule has 130 valence electrons. The first kappa shape index (κ1) is 16.6. The molecule has 2 heterocycles. The molecular weight excluding hydrogens is 344 g/mol. The Morgan fingerprint density at radius 3 is 2.88 bits per heavy atom. The molecule has 1 aliphatic rings. The summed E-state index contributed by atoms with van der Waals surface area (Å²) >= 11 is 1.55. The fourth-order valence-corrected chi connectivity index (χ4v) is 4.56. The van der Waals surface area contributed by atoms with Crippen LogP contribution in [0.1, 0.15) is 34.4 Å². The molecule has 1 amide bonds. The van der Waals surface area contributed by atoms with Gasteiger partial charge in [0.25, 0.3) is 0 Å². The van der Waals surface area contributed by atoms with Crippen LogP contribution in [-0.4, -0.2) is 15.7 Å². The molecule has 0 fully saturated rings. The Morgan fingerprint density at radius 2 is 2.08 bits per heavy atom. The normalized spacial score (nSPS) is 13.0. The number of hydrogen-bond donors (Lipinski definition) is 1. The number of thiophene rings is 1. The van der Waals surface area contributed by atoms with Crippen LogP contribution in [0.5, 0.6) is 0 Å². The van der Waals surface area contributed by atoms with Crippen molar-refractivity contribution in [1.82, 2.24) is 9.78 Å². The highest BCUT2D eigenvalue weighted by atomic mass is 32.1. The Hall–Kier alpha value is -2.91. The second kappa shape index (κ2) is 7.14. The quantitative estimate of drug-likeness (QED) is 0.766. The Labute approximate surface area is 155 Å². The Balaban J connectivity index is 1.48. The summed E-state index contributed by atoms with van der Waals surface area (Å²) in [5.41, 5.74) is 3.58. The number of nitrogens with zero attached hydrogens (tertiary/aromatic N) is 3. The van der Waals surface area contributed by atoms with Crippen LogP contribution >= 0.6 is 11.3 Å². The molecule has 0 aliphatic heterocycles. The van der Waals surface area contributed by atoms with Crippen LogP contribution in [0.2, 0.25) is 0 Å². The van der Waals surface area contributed by atoms with Gasteiger partial charge in [0, 0.05) is 11.1 Å². The van der Waals surface area contributed by atoms with Crippen molar-refractivity contribution in [3.63, 3.8) is 0 Å². The van der Waals surface area contributed by atoms with Gasteiger partial charge in [0.15, 0.2) is 0 Å². The van der Waals surface area contributed by atoms with Gasteiger partial charge in [0.05, 0.1) is 23.9 Å². The van der Waals surface area contributed by atoms with Gasteiger partial charge in [-0.25, -0.2) is 4.68 Å². The lowest BCUT2D eigenvalue weighted by molar-refractivity contribution is -0.115. The van der Waals surface area contributed by atoms with Crippen LogP contribution in [0, 0.1) is 11.3 Å². The minimum atomic E-state index is -0.118. The molecule has 0 spiro atoms. The van der Waals surface area contributed by atoms with E-state index in [1.807, 2.05) is 36.5 Å². The summed E-state index contributed by atoms with van der Waals surface area (Å²) in [5.74, 6) is -0.118. The van der Waals surface area contributed by atoms with Gasteiger partial charge in [-0.1, -0.05) is 18.2 Å². The summed E-state index contributed by atoms with van der Waals surface area (Å²) in [7, 11) is 0. The Morgan fingerprint density at radius 1 is 1.27 bits per heavy atom. The largest absolute Gasteiger partial charge is 0.316 e. The summed E-state index contributed by atoms with van der Waals surface area (Å²) < 4.78 is 1.76. The molecule has 0 saturated heterocycles. The molecule has 1 aliphatic carbocycles. The fraction of sp³-hybridized carbons (Fsp3) is 0.250. The smallest absolute Gasteiger partial charge is 0.229 e. The van der Waals surface area contributed by atoms with Crippen LogP contribution < -0.4 is 5.32 Å². The van der Waals surface area contributed by atoms with Gasteiger partial charge < -0.3 is 5.32 Å². The van der Waals surface area contributed by atoms with E-state index in [4.69, 9.17) is 0 Å². The van der Waals surface area contributed by atoms with E-state index in [2.05, 4.69) is 16.5 Å². The molecule has 0 bridgehead atoms. The predicted molar refractivity (Wildman–Crippen MR) is 102 cm³/mol. The van der Waals surface area contributed by atoms with Crippen molar-refractivity contribution in [3.05, 3.63) is 64.3 Å². The molecule has 0 radical (unpaired) electrons. The molecule has 26 heavy (non-hydrogen) atoms. The molecule has 0 saturated carbocycles. The molecule has 5 nitrogen and oxygen atoms in total. The number of anilines is 1. The standard InChI is InChI=1S/C20H18N4OS/c21-11-17-16-8-4-5-9-18(16)26-20(17)23-19(25)10-14-12-22-24(13-14)15-6-2-1-3-7-15/h1-3,6-7,12-13H,4-5,8-10H2,(H,23,25). The van der Waals surface area contributed by atoms with Gasteiger partial charge in [-0.3, -0.25) is 4.79 Å². The third-order valence-corrected chi connectivity index (χ3v) is 5.76. The monoisotopic (exact) mass is 362 g/mol. The second-order valence-corrected chi connectivity index (χ2v) is 7.49. The Bertz CT molecular complexity index is 981. The van der Waals surface area contributed by atoms with E-state index < -0.39 is 0 Å². The summed E-state index contributed by atoms with van der Waals surface area (Å²) in [6.07, 6.45) is 8.02. The molecule has 1 N–H and O–H groups in total. The lowest BCUT2D eigenvalue weighted by Crippen LogP contribution is -2.14. The highest BCUT2D eigenvalue weighted by molar-refractivity contribution is 7.16. The average molecular weight is 362 g/mol. The van der Waals surface area contributed by atoms with Crippen LogP contribution in [0.3, 0.4) is 0 Å². The van der Waals surface area contributed by atoms with Gasteiger partial charge >= 0.3 is 0 Å². The molecule has 2 aromatic heterocycles. The second-order valence-electron chi connectivity index (χ2n) is 6.38. The number of rotatable bonds is 4. The third kappa shape index (κ3) is 3.26. The maximum Gasteiger partial charge on any atom is 0.229 e. The molecular formula is C20H18N4OS. The third-order valence-electron chi connectivity index (χ3n) is 4.56. The maximum atomic E-state index is 12.5. The number of para-hydroxylation sites is 1. The van der Waals surface area contributed by atoms with Crippen molar-refractivity contribution in [2.45, 2.75) is 32.1 Å². The van der Waals surface area contributed by atoms with Crippen LogP contribution in [-0.2, 0) is 24.1 Å². The maximum absolute atomic E-state index is 12.5. The fourth-order valence-electron chi connectivity index (χ4n) is 3.30. The summed E-state index contributed by atoms with van der Waals surface area (Å²) in [5, 5.41) is 17.4. The Kier molecular flexibility index (Phi) is 4.55. The first-order valence-corrected chi connectivity index (χ1v) is 9.49. The first-order chi connectivity index (χ1) is 12.7. The number of nitriles is 1. The SMILES string of the molecule is N#Cc1c(NC(=O)Cc2cnn(-c3ccccc3)c2)sc2c1CCCC2. The van der Waals surface area contributed by atoms with Crippen LogP contribution in [0.25, 0.3) is 5.69 Å². The van der Waals surface area contributed by atoms with E-state index in [1.54, 1.807) is 22.2 Å². The van der Waals surface area contributed by atoms with E-state index >= 15 is 0 Å². The van der Waals surface area contributed by atoms with E-state index in [9.17, 15) is 10.1 Å². The summed E-state index contributed by atoms with van der Waals surface area (Å²) in [6, 6.07) is 12.1. The number of amides is 1. The van der Waals surface area contributed by atoms with Crippen LogP contribution in [0.4, 0.5) is 5.00 Å². The molecule has 6 heteroatoms. The molecule has 0 unspecified atom stereocenters. The zero-order chi connectivity index (χ0) is 17.9. The van der Waals surface area contributed by atoms with Gasteiger partial charge in [0.1, 0.15) is 11.1 Å². The number of aromatic nitrogens is 2. The minimum absolute atomic E-state index is 0.118. The molecule has 3 aromatic rings. The summed E-state index contributed by atoms with van der Waals surface area (Å²) in [6.45, 7) is 0. The van der Waals surface area contributed by atoms with E-state index in [1.165, 1.54) is 4.88 Å². The predicted octanol–water partition coefficient (Wildman–Crippen LogP) is 3.87. The van der Waals surface area contributed by atoms with Gasteiger partial charge in [0.2, 0.25) is 5.91 Å². The first-order valence-electron chi connectivity index (χ1n) is 8.68. The van der Waals surface area contributed by atoms with E-state index in [0.717, 1.165) is 42.5 Å². The number of hydrogen-bond acceptors (Lipinski definition) is 4. The zero-order valence-corrected chi connectivity index (χ0v) is 15.1. The number of carbonyl (C=O) groups excluding carboxylic acids is 1. The van der Waals surface area contributed by atoms with Crippen molar-refractivity contribution in [1.29, 1.82) is 5.26 Å². The zero-order valence-electron chi connectivity index (χ0n) is 14.2. The van der Waals surface area contributed by atoms with Crippen molar-refractivity contribution >= 4 is 22.2 Å². The molecule has 4 rings (SSSR count). The highest BCUT2D eigenvalue weighted by Crippen LogP contribution is 2.37. The topological polar surface area (TPSA) is 70.7 Å². The number of carbonyl (C=O) groups is 1. The number of aryl methyl sites for hydroxylation is 1. The number of nitrogens with one attached hydrogen (secondary N) is 1.